The maximum Gasteiger partial charge on any atom is 0.338 e. The van der Waals surface area contributed by atoms with Crippen LogP contribution in [0.1, 0.15) is 40.1 Å². The number of nitrogens with zero attached hydrogens (tertiary/aromatic N) is 1. The first-order valence-electron chi connectivity index (χ1n) is 11.5. The van der Waals surface area contributed by atoms with E-state index < -0.39 is 17.8 Å². The predicted molar refractivity (Wildman–Crippen MR) is 140 cm³/mol. The van der Waals surface area contributed by atoms with Crippen molar-refractivity contribution in [3.05, 3.63) is 106 Å². The monoisotopic (exact) mass is 517 g/mol. The maximum atomic E-state index is 13.1. The smallest absolute Gasteiger partial charge is 0.338 e. The van der Waals surface area contributed by atoms with Crippen LogP contribution in [0, 0.1) is 0 Å². The number of anilines is 2. The van der Waals surface area contributed by atoms with E-state index >= 15 is 0 Å². The van der Waals surface area contributed by atoms with E-state index in [0.29, 0.717) is 17.8 Å². The SMILES string of the molecule is CC(C)OC(=O)c1ccc(N2C(=O)C(Cl)=C(Nc3cccc(C(=O)NCc4ccccc4)c3)C2=O)cc1. The molecule has 4 rings (SSSR count). The maximum absolute atomic E-state index is 13.1. The Hall–Kier alpha value is -4.43. The van der Waals surface area contributed by atoms with E-state index in [-0.39, 0.29) is 34.0 Å². The third-order valence-corrected chi connectivity index (χ3v) is 5.77. The van der Waals surface area contributed by atoms with Crippen LogP contribution in [0.25, 0.3) is 0 Å². The van der Waals surface area contributed by atoms with Gasteiger partial charge in [0.2, 0.25) is 0 Å². The van der Waals surface area contributed by atoms with Crippen LogP contribution in [0.2, 0.25) is 0 Å². The molecule has 2 N–H and O–H groups in total. The molecule has 1 heterocycles. The lowest BCUT2D eigenvalue weighted by atomic mass is 10.1. The second-order valence-electron chi connectivity index (χ2n) is 8.51. The molecule has 0 atom stereocenters. The molecule has 0 aromatic heterocycles. The van der Waals surface area contributed by atoms with E-state index in [0.717, 1.165) is 10.5 Å². The number of halogens is 1. The van der Waals surface area contributed by atoms with Crippen LogP contribution in [0.3, 0.4) is 0 Å². The number of carbonyl (C=O) groups excluding carboxylic acids is 4. The Kier molecular flexibility index (Phi) is 7.69. The second kappa shape index (κ2) is 11.1. The van der Waals surface area contributed by atoms with E-state index in [1.54, 1.807) is 38.1 Å². The Balaban J connectivity index is 1.46. The largest absolute Gasteiger partial charge is 0.459 e. The van der Waals surface area contributed by atoms with Gasteiger partial charge in [-0.15, -0.1) is 0 Å². The molecule has 0 saturated heterocycles. The third kappa shape index (κ3) is 5.87. The third-order valence-electron chi connectivity index (χ3n) is 5.42. The van der Waals surface area contributed by atoms with Crippen molar-refractivity contribution in [1.82, 2.24) is 5.32 Å². The first-order valence-corrected chi connectivity index (χ1v) is 11.9. The van der Waals surface area contributed by atoms with Crippen LogP contribution in [-0.2, 0) is 20.9 Å². The molecule has 3 aromatic rings. The van der Waals surface area contributed by atoms with Crippen LogP contribution < -0.4 is 15.5 Å². The summed E-state index contributed by atoms with van der Waals surface area (Å²) in [5.41, 5.74) is 2.17. The lowest BCUT2D eigenvalue weighted by Crippen LogP contribution is -2.32. The van der Waals surface area contributed by atoms with Gasteiger partial charge in [0.15, 0.2) is 0 Å². The molecule has 3 aromatic carbocycles. The van der Waals surface area contributed by atoms with Crippen molar-refractivity contribution >= 4 is 46.7 Å². The number of rotatable bonds is 8. The molecule has 37 heavy (non-hydrogen) atoms. The zero-order valence-electron chi connectivity index (χ0n) is 20.2. The molecule has 3 amide bonds. The number of nitrogens with one attached hydrogen (secondary N) is 2. The molecule has 9 heteroatoms. The summed E-state index contributed by atoms with van der Waals surface area (Å²) in [6.07, 6.45) is -0.279. The Morgan fingerprint density at radius 3 is 2.27 bits per heavy atom. The average Bonchev–Trinajstić information content (AvgIpc) is 3.10. The van der Waals surface area contributed by atoms with Crippen molar-refractivity contribution in [3.8, 4) is 0 Å². The predicted octanol–water partition coefficient (Wildman–Crippen LogP) is 4.62. The minimum absolute atomic E-state index is 0.114. The van der Waals surface area contributed by atoms with Crippen molar-refractivity contribution in [2.75, 3.05) is 10.2 Å². The summed E-state index contributed by atoms with van der Waals surface area (Å²) < 4.78 is 5.15. The fraction of sp³-hybridized carbons (Fsp3) is 0.143. The molecular formula is C28H24ClN3O5. The fourth-order valence-electron chi connectivity index (χ4n) is 3.64. The second-order valence-corrected chi connectivity index (χ2v) is 8.89. The Bertz CT molecular complexity index is 1380. The summed E-state index contributed by atoms with van der Waals surface area (Å²) in [5, 5.41) is 5.43. The summed E-state index contributed by atoms with van der Waals surface area (Å²) in [6, 6.07) is 21.9. The Morgan fingerprint density at radius 2 is 1.59 bits per heavy atom. The van der Waals surface area contributed by atoms with Gasteiger partial charge in [0.1, 0.15) is 10.7 Å². The van der Waals surface area contributed by atoms with Gasteiger partial charge in [-0.25, -0.2) is 9.69 Å². The number of ether oxygens (including phenoxy) is 1. The standard InChI is InChI=1S/C28H24ClN3O5/c1-17(2)37-28(36)19-11-13-22(14-12-19)32-26(34)23(29)24(27(32)35)31-21-10-6-9-20(15-21)25(33)30-16-18-7-4-3-5-8-18/h3-15,17,31H,16H2,1-2H3,(H,30,33). The molecule has 188 valence electrons. The van der Waals surface area contributed by atoms with Gasteiger partial charge in [-0.3, -0.25) is 14.4 Å². The molecule has 0 fully saturated rings. The first-order chi connectivity index (χ1) is 17.7. The molecule has 0 unspecified atom stereocenters. The van der Waals surface area contributed by atoms with Crippen molar-refractivity contribution in [2.45, 2.75) is 26.5 Å². The lowest BCUT2D eigenvalue weighted by molar-refractivity contribution is -0.120. The van der Waals surface area contributed by atoms with Crippen LogP contribution in [0.5, 0.6) is 0 Å². The fourth-order valence-corrected chi connectivity index (χ4v) is 3.85. The van der Waals surface area contributed by atoms with E-state index in [1.165, 1.54) is 24.3 Å². The molecule has 1 aliphatic heterocycles. The molecule has 0 bridgehead atoms. The highest BCUT2D eigenvalue weighted by molar-refractivity contribution is 6.53. The molecule has 0 saturated carbocycles. The minimum atomic E-state index is -0.705. The summed E-state index contributed by atoms with van der Waals surface area (Å²) in [4.78, 5) is 51.5. The normalized spacial score (nSPS) is 13.2. The van der Waals surface area contributed by atoms with Crippen molar-refractivity contribution in [1.29, 1.82) is 0 Å². The van der Waals surface area contributed by atoms with E-state index in [2.05, 4.69) is 10.6 Å². The van der Waals surface area contributed by atoms with Gasteiger partial charge in [0.05, 0.1) is 17.4 Å². The van der Waals surface area contributed by atoms with Crippen LogP contribution in [-0.4, -0.2) is 29.8 Å². The Labute approximate surface area is 218 Å². The van der Waals surface area contributed by atoms with Gasteiger partial charge in [-0.2, -0.15) is 0 Å². The number of esters is 1. The van der Waals surface area contributed by atoms with Gasteiger partial charge in [-0.05, 0) is 61.9 Å². The number of hydrogen-bond acceptors (Lipinski definition) is 6. The van der Waals surface area contributed by atoms with Gasteiger partial charge in [0, 0.05) is 17.8 Å². The van der Waals surface area contributed by atoms with Gasteiger partial charge >= 0.3 is 5.97 Å². The summed E-state index contributed by atoms with van der Waals surface area (Å²) in [7, 11) is 0. The highest BCUT2D eigenvalue weighted by Gasteiger charge is 2.39. The number of benzene rings is 3. The summed E-state index contributed by atoms with van der Waals surface area (Å²) in [6.45, 7) is 3.84. The van der Waals surface area contributed by atoms with Crippen LogP contribution in [0.4, 0.5) is 11.4 Å². The number of imide groups is 1. The molecule has 0 radical (unpaired) electrons. The zero-order chi connectivity index (χ0) is 26.5. The Morgan fingerprint density at radius 1 is 0.892 bits per heavy atom. The molecule has 0 aliphatic carbocycles. The summed E-state index contributed by atoms with van der Waals surface area (Å²) >= 11 is 6.23. The zero-order valence-corrected chi connectivity index (χ0v) is 20.9. The molecule has 0 spiro atoms. The quantitative estimate of drug-likeness (QED) is 0.334. The van der Waals surface area contributed by atoms with Crippen molar-refractivity contribution in [3.63, 3.8) is 0 Å². The van der Waals surface area contributed by atoms with Crippen molar-refractivity contribution < 1.29 is 23.9 Å². The topological polar surface area (TPSA) is 105 Å². The van der Waals surface area contributed by atoms with Crippen LogP contribution >= 0.6 is 11.6 Å². The molecule has 8 nitrogen and oxygen atoms in total. The van der Waals surface area contributed by atoms with Gasteiger partial charge in [-0.1, -0.05) is 48.0 Å². The van der Waals surface area contributed by atoms with E-state index in [9.17, 15) is 19.2 Å². The number of hydrogen-bond donors (Lipinski definition) is 2. The van der Waals surface area contributed by atoms with Crippen molar-refractivity contribution in [2.24, 2.45) is 0 Å². The van der Waals surface area contributed by atoms with Gasteiger partial charge in [0.25, 0.3) is 17.7 Å². The minimum Gasteiger partial charge on any atom is -0.459 e. The highest BCUT2D eigenvalue weighted by atomic mass is 35.5. The molecular weight excluding hydrogens is 494 g/mol. The lowest BCUT2D eigenvalue weighted by Gasteiger charge is -2.16. The van der Waals surface area contributed by atoms with E-state index in [4.69, 9.17) is 16.3 Å². The summed E-state index contributed by atoms with van der Waals surface area (Å²) in [5.74, 6) is -2.17. The van der Waals surface area contributed by atoms with Gasteiger partial charge < -0.3 is 15.4 Å². The van der Waals surface area contributed by atoms with E-state index in [1.807, 2.05) is 30.3 Å². The highest BCUT2D eigenvalue weighted by Crippen LogP contribution is 2.30. The van der Waals surface area contributed by atoms with Crippen LogP contribution in [0.15, 0.2) is 89.6 Å². The molecule has 1 aliphatic rings. The number of amides is 3. The number of carbonyl (C=O) groups is 4. The first kappa shape index (κ1) is 25.7. The average molecular weight is 518 g/mol.